The highest BCUT2D eigenvalue weighted by atomic mass is 32.2. The van der Waals surface area contributed by atoms with Gasteiger partial charge < -0.3 is 4.74 Å². The van der Waals surface area contributed by atoms with E-state index < -0.39 is 10.0 Å². The van der Waals surface area contributed by atoms with E-state index in [0.717, 1.165) is 38.7 Å². The molecule has 100 valence electrons. The Bertz CT molecular complexity index is 336. The van der Waals surface area contributed by atoms with Gasteiger partial charge in [-0.05, 0) is 38.0 Å². The zero-order chi connectivity index (χ0) is 12.3. The Labute approximate surface area is 104 Å². The molecule has 17 heavy (non-hydrogen) atoms. The Kier molecular flexibility index (Phi) is 4.44. The molecule has 0 radical (unpaired) electrons. The lowest BCUT2D eigenvalue weighted by molar-refractivity contribution is 0.108. The highest BCUT2D eigenvalue weighted by Gasteiger charge is 2.28. The molecule has 0 unspecified atom stereocenters. The smallest absolute Gasteiger partial charge is 0.211 e. The topological polar surface area (TPSA) is 55.4 Å². The van der Waals surface area contributed by atoms with Crippen LogP contribution >= 0.6 is 0 Å². The highest BCUT2D eigenvalue weighted by Crippen LogP contribution is 2.25. The van der Waals surface area contributed by atoms with Crippen molar-refractivity contribution < 1.29 is 13.2 Å². The summed E-state index contributed by atoms with van der Waals surface area (Å²) in [7, 11) is -3.12. The molecule has 0 aromatic heterocycles. The van der Waals surface area contributed by atoms with Crippen LogP contribution < -0.4 is 4.72 Å². The van der Waals surface area contributed by atoms with Crippen molar-refractivity contribution in [1.29, 1.82) is 0 Å². The quantitative estimate of drug-likeness (QED) is 0.819. The van der Waals surface area contributed by atoms with Crippen LogP contribution in [0.5, 0.6) is 0 Å². The van der Waals surface area contributed by atoms with Crippen LogP contribution in [-0.4, -0.2) is 32.9 Å². The van der Waals surface area contributed by atoms with Crippen LogP contribution in [0, 0.1) is 5.92 Å². The van der Waals surface area contributed by atoms with Crippen LogP contribution in [0.4, 0.5) is 0 Å². The lowest BCUT2D eigenvalue weighted by Crippen LogP contribution is -2.38. The molecule has 1 aliphatic heterocycles. The summed E-state index contributed by atoms with van der Waals surface area (Å²) in [5, 5.41) is 0. The van der Waals surface area contributed by atoms with Crippen molar-refractivity contribution in [1.82, 2.24) is 4.72 Å². The molecule has 4 nitrogen and oxygen atoms in total. The van der Waals surface area contributed by atoms with Gasteiger partial charge in [-0.1, -0.05) is 13.3 Å². The van der Waals surface area contributed by atoms with Crippen molar-refractivity contribution in [3.05, 3.63) is 0 Å². The SMILES string of the molecule is C[C@@H]1CCC[C@@H]1NS(=O)(=O)CC[C@H]1CCCO1. The summed E-state index contributed by atoms with van der Waals surface area (Å²) >= 11 is 0. The Morgan fingerprint density at radius 2 is 2.06 bits per heavy atom. The van der Waals surface area contributed by atoms with Crippen LogP contribution in [0.2, 0.25) is 0 Å². The Morgan fingerprint density at radius 3 is 2.65 bits per heavy atom. The molecule has 1 saturated heterocycles. The van der Waals surface area contributed by atoms with E-state index in [1.165, 1.54) is 0 Å². The number of nitrogens with one attached hydrogen (secondary N) is 1. The molecule has 1 heterocycles. The lowest BCUT2D eigenvalue weighted by Gasteiger charge is -2.18. The van der Waals surface area contributed by atoms with E-state index >= 15 is 0 Å². The van der Waals surface area contributed by atoms with Gasteiger partial charge >= 0.3 is 0 Å². The average molecular weight is 261 g/mol. The largest absolute Gasteiger partial charge is 0.378 e. The van der Waals surface area contributed by atoms with E-state index in [0.29, 0.717) is 12.3 Å². The Balaban J connectivity index is 1.77. The van der Waals surface area contributed by atoms with E-state index in [1.54, 1.807) is 0 Å². The predicted molar refractivity (Wildman–Crippen MR) is 67.3 cm³/mol. The van der Waals surface area contributed by atoms with Crippen molar-refractivity contribution in [3.8, 4) is 0 Å². The highest BCUT2D eigenvalue weighted by molar-refractivity contribution is 7.89. The normalized spacial score (nSPS) is 34.3. The maximum atomic E-state index is 11.9. The van der Waals surface area contributed by atoms with Gasteiger partial charge in [0.1, 0.15) is 0 Å². The van der Waals surface area contributed by atoms with Crippen molar-refractivity contribution in [2.24, 2.45) is 5.92 Å². The van der Waals surface area contributed by atoms with E-state index in [4.69, 9.17) is 4.74 Å². The average Bonchev–Trinajstić information content (AvgIpc) is 2.88. The Morgan fingerprint density at radius 1 is 1.24 bits per heavy atom. The van der Waals surface area contributed by atoms with Gasteiger partial charge in [-0.3, -0.25) is 0 Å². The molecule has 2 rings (SSSR count). The maximum Gasteiger partial charge on any atom is 0.211 e. The minimum atomic E-state index is -3.12. The summed E-state index contributed by atoms with van der Waals surface area (Å²) in [4.78, 5) is 0. The monoisotopic (exact) mass is 261 g/mol. The molecule has 0 bridgehead atoms. The van der Waals surface area contributed by atoms with Gasteiger partial charge in [-0.2, -0.15) is 0 Å². The third kappa shape index (κ3) is 3.93. The molecule has 0 aromatic rings. The van der Waals surface area contributed by atoms with Crippen molar-refractivity contribution >= 4 is 10.0 Å². The number of hydrogen-bond donors (Lipinski definition) is 1. The molecule has 0 amide bonds. The first kappa shape index (κ1) is 13.3. The van der Waals surface area contributed by atoms with Crippen molar-refractivity contribution in [2.75, 3.05) is 12.4 Å². The molecule has 1 N–H and O–H groups in total. The van der Waals surface area contributed by atoms with Crippen molar-refractivity contribution in [2.45, 2.75) is 57.6 Å². The first-order valence-corrected chi connectivity index (χ1v) is 8.34. The first-order valence-electron chi connectivity index (χ1n) is 6.68. The van der Waals surface area contributed by atoms with Crippen LogP contribution in [0.3, 0.4) is 0 Å². The van der Waals surface area contributed by atoms with Gasteiger partial charge in [0.05, 0.1) is 11.9 Å². The summed E-state index contributed by atoms with van der Waals surface area (Å²) in [5.74, 6) is 0.688. The van der Waals surface area contributed by atoms with Gasteiger partial charge in [0, 0.05) is 12.6 Å². The fraction of sp³-hybridized carbons (Fsp3) is 1.00. The zero-order valence-corrected chi connectivity index (χ0v) is 11.3. The predicted octanol–water partition coefficient (Wildman–Crippen LogP) is 1.66. The Hall–Kier alpha value is -0.130. The number of ether oxygens (including phenoxy) is 1. The van der Waals surface area contributed by atoms with Crippen LogP contribution in [0.15, 0.2) is 0 Å². The summed E-state index contributed by atoms with van der Waals surface area (Å²) in [6.45, 7) is 2.91. The molecule has 1 saturated carbocycles. The molecular weight excluding hydrogens is 238 g/mol. The molecule has 2 aliphatic rings. The van der Waals surface area contributed by atoms with Gasteiger partial charge in [-0.25, -0.2) is 13.1 Å². The van der Waals surface area contributed by atoms with Gasteiger partial charge in [0.2, 0.25) is 10.0 Å². The molecule has 1 aliphatic carbocycles. The third-order valence-corrected chi connectivity index (χ3v) is 5.36. The summed E-state index contributed by atoms with van der Waals surface area (Å²) < 4.78 is 32.1. The molecule has 2 fully saturated rings. The standard InChI is InChI=1S/C12H23NO3S/c1-10-4-2-6-12(10)13-17(14,15)9-7-11-5-3-8-16-11/h10-13H,2-9H2,1H3/t10-,11-,12+/m1/s1. The molecule has 0 spiro atoms. The van der Waals surface area contributed by atoms with E-state index in [-0.39, 0.29) is 17.9 Å². The molecule has 0 aromatic carbocycles. The fourth-order valence-electron chi connectivity index (χ4n) is 2.77. The minimum Gasteiger partial charge on any atom is -0.378 e. The van der Waals surface area contributed by atoms with Gasteiger partial charge in [-0.15, -0.1) is 0 Å². The van der Waals surface area contributed by atoms with Crippen LogP contribution in [0.25, 0.3) is 0 Å². The molecule has 3 atom stereocenters. The first-order chi connectivity index (χ1) is 8.07. The van der Waals surface area contributed by atoms with Crippen LogP contribution in [-0.2, 0) is 14.8 Å². The summed E-state index contributed by atoms with van der Waals surface area (Å²) in [6.07, 6.45) is 6.13. The second-order valence-electron chi connectivity index (χ2n) is 5.38. The van der Waals surface area contributed by atoms with Gasteiger partial charge in [0.25, 0.3) is 0 Å². The third-order valence-electron chi connectivity index (χ3n) is 3.92. The minimum absolute atomic E-state index is 0.157. The maximum absolute atomic E-state index is 11.9. The molecule has 5 heteroatoms. The number of rotatable bonds is 5. The second kappa shape index (κ2) is 5.67. The summed E-state index contributed by atoms with van der Waals surface area (Å²) in [6, 6.07) is 0.157. The van der Waals surface area contributed by atoms with E-state index in [9.17, 15) is 8.42 Å². The second-order valence-corrected chi connectivity index (χ2v) is 7.25. The number of sulfonamides is 1. The zero-order valence-electron chi connectivity index (χ0n) is 10.5. The van der Waals surface area contributed by atoms with E-state index in [2.05, 4.69) is 11.6 Å². The fourth-order valence-corrected chi connectivity index (χ4v) is 4.27. The van der Waals surface area contributed by atoms with E-state index in [1.807, 2.05) is 0 Å². The van der Waals surface area contributed by atoms with Crippen molar-refractivity contribution in [3.63, 3.8) is 0 Å². The lowest BCUT2D eigenvalue weighted by atomic mass is 10.1. The molecular formula is C12H23NO3S. The van der Waals surface area contributed by atoms with Crippen LogP contribution in [0.1, 0.15) is 45.4 Å². The number of hydrogen-bond acceptors (Lipinski definition) is 3. The summed E-state index contributed by atoms with van der Waals surface area (Å²) in [5.41, 5.74) is 0. The van der Waals surface area contributed by atoms with Gasteiger partial charge in [0.15, 0.2) is 0 Å².